The fourth-order valence-corrected chi connectivity index (χ4v) is 0. The quantitative estimate of drug-likeness (QED) is 0.406. The van der Waals surface area contributed by atoms with E-state index in [0.29, 0.717) is 0 Å². The van der Waals surface area contributed by atoms with E-state index in [0.717, 1.165) is 0 Å². The number of hydrogen-bond acceptors (Lipinski definition) is 5. The van der Waals surface area contributed by atoms with Gasteiger partial charge in [-0.25, -0.2) is 0 Å². The molecular formula is BiF2O5Si-4. The van der Waals surface area contributed by atoms with Gasteiger partial charge in [0.15, 0.2) is 0 Å². The van der Waals surface area contributed by atoms with E-state index in [4.69, 9.17) is 28.2 Å². The molecule has 0 saturated carbocycles. The maximum Gasteiger partial charge on any atom is 0.0209 e. The van der Waals surface area contributed by atoms with Gasteiger partial charge in [-0.2, -0.15) is 0 Å². The Morgan fingerprint density at radius 1 is 1.00 bits per heavy atom. The van der Waals surface area contributed by atoms with Crippen LogP contribution in [0.1, 0.15) is 0 Å². The molecule has 0 saturated heterocycles. The van der Waals surface area contributed by atoms with E-state index in [1.165, 1.54) is 5.15 Å². The second-order valence-corrected chi connectivity index (χ2v) is 1.56. The summed E-state index contributed by atoms with van der Waals surface area (Å²) in [5, 5.41) is 1.25. The first-order valence-electron chi connectivity index (χ1n) is 1.13. The predicted molar refractivity (Wildman–Crippen MR) is 14.8 cm³/mol. The largest absolute Gasteiger partial charge is 0.894 e. The number of hydrogen-bond donors (Lipinski definition) is 0. The molecule has 0 amide bonds. The Kier molecular flexibility index (Phi) is 16.0. The fourth-order valence-electron chi connectivity index (χ4n) is 0. The molecule has 0 heterocycles. The molecule has 0 bridgehead atoms. The summed E-state index contributed by atoms with van der Waals surface area (Å²) in [7, 11) is -5.61. The monoisotopic (exact) mass is 355 g/mol. The SMILES string of the molecule is FOF.[Bi].[O-][Si]([O-])([O-])[O-]. The van der Waals surface area contributed by atoms with E-state index in [1.807, 2.05) is 0 Å². The van der Waals surface area contributed by atoms with Crippen LogP contribution in [0.5, 0.6) is 0 Å². The summed E-state index contributed by atoms with van der Waals surface area (Å²) < 4.78 is 18.2. The molecule has 9 heteroatoms. The summed E-state index contributed by atoms with van der Waals surface area (Å²) in [6.07, 6.45) is 0. The topological polar surface area (TPSA) is 101 Å². The molecule has 9 heavy (non-hydrogen) atoms. The summed E-state index contributed by atoms with van der Waals surface area (Å²) in [5.41, 5.74) is 0. The second-order valence-electron chi connectivity index (χ2n) is 0.558. The van der Waals surface area contributed by atoms with Crippen LogP contribution in [0.3, 0.4) is 0 Å². The molecule has 57 valence electrons. The van der Waals surface area contributed by atoms with E-state index in [2.05, 4.69) is 0 Å². The van der Waals surface area contributed by atoms with Gasteiger partial charge in [0.1, 0.15) is 0 Å². The smallest absolute Gasteiger partial charge is 0.0209 e. The van der Waals surface area contributed by atoms with E-state index < -0.39 is 9.05 Å². The normalized spacial score (nSPS) is 8.67. The molecule has 0 unspecified atom stereocenters. The summed E-state index contributed by atoms with van der Waals surface area (Å²) in [4.78, 5) is 34.3. The van der Waals surface area contributed by atoms with Gasteiger partial charge in [-0.05, 0) is 9.05 Å². The molecule has 5 nitrogen and oxygen atoms in total. The second kappa shape index (κ2) is 8.76. The number of rotatable bonds is 0. The Labute approximate surface area is 68.9 Å². The maximum absolute atomic E-state index is 9.12. The Balaban J connectivity index is -0.0000000800. The molecule has 0 spiro atoms. The van der Waals surface area contributed by atoms with Crippen LogP contribution in [0, 0.1) is 0 Å². The van der Waals surface area contributed by atoms with Crippen LogP contribution < -0.4 is 19.2 Å². The predicted octanol–water partition coefficient (Wildman–Crippen LogP) is -4.75. The zero-order valence-electron chi connectivity index (χ0n) is 3.74. The van der Waals surface area contributed by atoms with Crippen molar-refractivity contribution in [1.82, 2.24) is 0 Å². The third-order valence-corrected chi connectivity index (χ3v) is 0. The molecule has 0 aliphatic heterocycles. The Hall–Kier alpha value is 0.760. The Bertz CT molecular complexity index is 38.7. The minimum absolute atomic E-state index is 0. The van der Waals surface area contributed by atoms with Crippen molar-refractivity contribution in [2.45, 2.75) is 0 Å². The van der Waals surface area contributed by atoms with Crippen LogP contribution >= 0.6 is 0 Å². The van der Waals surface area contributed by atoms with Crippen LogP contribution in [0.4, 0.5) is 9.05 Å². The molecule has 0 rings (SSSR count). The van der Waals surface area contributed by atoms with E-state index in [9.17, 15) is 0 Å². The summed E-state index contributed by atoms with van der Waals surface area (Å²) in [6.45, 7) is 0. The molecule has 0 atom stereocenters. The van der Waals surface area contributed by atoms with Crippen LogP contribution in [-0.2, 0) is 5.15 Å². The van der Waals surface area contributed by atoms with Crippen molar-refractivity contribution in [2.24, 2.45) is 0 Å². The van der Waals surface area contributed by atoms with Crippen LogP contribution in [-0.4, -0.2) is 35.3 Å². The summed E-state index contributed by atoms with van der Waals surface area (Å²) in [5.74, 6) is 0. The van der Waals surface area contributed by atoms with Crippen molar-refractivity contribution < 1.29 is 33.4 Å². The van der Waals surface area contributed by atoms with Crippen molar-refractivity contribution >= 4 is 35.3 Å². The van der Waals surface area contributed by atoms with E-state index in [1.54, 1.807) is 0 Å². The van der Waals surface area contributed by atoms with Crippen LogP contribution in [0.25, 0.3) is 0 Å². The zero-order chi connectivity index (χ0) is 7.21. The van der Waals surface area contributed by atoms with Crippen molar-refractivity contribution in [1.29, 1.82) is 0 Å². The van der Waals surface area contributed by atoms with Gasteiger partial charge in [0.05, 0.1) is 0 Å². The maximum atomic E-state index is 9.12. The molecule has 3 radical (unpaired) electrons. The van der Waals surface area contributed by atoms with Gasteiger partial charge in [0.2, 0.25) is 0 Å². The molecule has 0 fully saturated rings. The minimum Gasteiger partial charge on any atom is -0.894 e. The van der Waals surface area contributed by atoms with Crippen molar-refractivity contribution in [3.8, 4) is 0 Å². The van der Waals surface area contributed by atoms with E-state index >= 15 is 0 Å². The van der Waals surface area contributed by atoms with Crippen molar-refractivity contribution in [3.05, 3.63) is 0 Å². The first-order chi connectivity index (χ1) is 3.41. The van der Waals surface area contributed by atoms with Gasteiger partial charge < -0.3 is 28.2 Å². The molecule has 0 N–H and O–H groups in total. The molecular weight excluding hydrogens is 355 g/mol. The molecule has 0 aromatic rings. The average Bonchev–Trinajstić information content (AvgIpc) is 1.27. The first kappa shape index (κ1) is 16.4. The minimum atomic E-state index is -5.61. The van der Waals surface area contributed by atoms with Gasteiger partial charge in [-0.3, -0.25) is 0 Å². The summed E-state index contributed by atoms with van der Waals surface area (Å²) in [6, 6.07) is 0. The van der Waals surface area contributed by atoms with Gasteiger partial charge >= 0.3 is 0 Å². The van der Waals surface area contributed by atoms with Crippen LogP contribution in [0.2, 0.25) is 0 Å². The van der Waals surface area contributed by atoms with Gasteiger partial charge in [-0.15, -0.1) is 0 Å². The Morgan fingerprint density at radius 2 is 1.00 bits per heavy atom. The van der Waals surface area contributed by atoms with Crippen LogP contribution in [0.15, 0.2) is 0 Å². The average molecular weight is 355 g/mol. The Morgan fingerprint density at radius 3 is 1.00 bits per heavy atom. The van der Waals surface area contributed by atoms with Crippen molar-refractivity contribution in [2.75, 3.05) is 0 Å². The third kappa shape index (κ3) is 693. The molecule has 0 aliphatic carbocycles. The standard InChI is InChI=1S/Bi.F2O.O4Si/c;1-3-2;1-5(2,3)4/q;;-4. The number of halogens is 2. The van der Waals surface area contributed by atoms with Gasteiger partial charge in [0.25, 0.3) is 0 Å². The van der Waals surface area contributed by atoms with Gasteiger partial charge in [0, 0.05) is 31.3 Å². The zero-order valence-corrected chi connectivity index (χ0v) is 8.22. The summed E-state index contributed by atoms with van der Waals surface area (Å²) >= 11 is 0. The third-order valence-electron chi connectivity index (χ3n) is 0. The molecule has 0 aliphatic rings. The van der Waals surface area contributed by atoms with E-state index in [-0.39, 0.29) is 26.2 Å². The van der Waals surface area contributed by atoms with Gasteiger partial charge in [-0.1, -0.05) is 0 Å². The molecule has 0 aromatic heterocycles. The fraction of sp³-hybridized carbons (Fsp3) is 0. The molecule has 0 aromatic carbocycles. The van der Waals surface area contributed by atoms with Crippen molar-refractivity contribution in [3.63, 3.8) is 0 Å². The first-order valence-corrected chi connectivity index (χ1v) is 2.76.